The molecule has 42 heavy (non-hydrogen) atoms. The number of nitrogens with one attached hydrogen (secondary N) is 2. The summed E-state index contributed by atoms with van der Waals surface area (Å²) < 4.78 is 27.7. The third-order valence-corrected chi connectivity index (χ3v) is 7.67. The Morgan fingerprint density at radius 2 is 2.05 bits per heavy atom. The number of benzene rings is 2. The van der Waals surface area contributed by atoms with Crippen molar-refractivity contribution in [2.24, 2.45) is 5.92 Å². The molecule has 218 valence electrons. The monoisotopic (exact) mass is 571 g/mol. The first-order valence-corrected chi connectivity index (χ1v) is 13.9. The van der Waals surface area contributed by atoms with Crippen LogP contribution in [-0.4, -0.2) is 46.1 Å². The number of aromatic nitrogens is 2. The molecule has 2 atom stereocenters. The SMILES string of the molecule is CCOC(C)(C)/C=C(/C#N)C(=O)N1CCCC(C2(c3ccc(Oc4ccccc4)cc3F)NNc3ncnc(N)c32)C1. The second kappa shape index (κ2) is 11.8. The number of nitrogen functional groups attached to an aromatic ring is 1. The fourth-order valence-electron chi connectivity index (χ4n) is 5.92. The number of carbonyl (C=O) groups excluding carboxylic acids is 1. The summed E-state index contributed by atoms with van der Waals surface area (Å²) in [5.41, 5.74) is 11.6. The minimum Gasteiger partial charge on any atom is -0.457 e. The number of hydrogen-bond acceptors (Lipinski definition) is 9. The number of carbonyl (C=O) groups is 1. The molecular weight excluding hydrogens is 537 g/mol. The number of halogens is 1. The smallest absolute Gasteiger partial charge is 0.264 e. The maximum Gasteiger partial charge on any atom is 0.264 e. The Morgan fingerprint density at radius 3 is 2.76 bits per heavy atom. The average molecular weight is 572 g/mol. The number of rotatable bonds is 8. The van der Waals surface area contributed by atoms with E-state index in [0.717, 1.165) is 0 Å². The van der Waals surface area contributed by atoms with E-state index in [0.29, 0.717) is 54.4 Å². The van der Waals surface area contributed by atoms with Gasteiger partial charge in [-0.05, 0) is 57.9 Å². The number of likely N-dealkylation sites (tertiary alicyclic amines) is 1. The number of para-hydroxylation sites is 1. The molecule has 2 unspecified atom stereocenters. The number of nitrogens with two attached hydrogens (primary N) is 1. The summed E-state index contributed by atoms with van der Waals surface area (Å²) in [5.74, 6) is 0.272. The van der Waals surface area contributed by atoms with E-state index in [1.807, 2.05) is 31.2 Å². The van der Waals surface area contributed by atoms with Gasteiger partial charge in [0, 0.05) is 37.2 Å². The van der Waals surface area contributed by atoms with E-state index >= 15 is 4.39 Å². The molecule has 3 heterocycles. The number of hydrazine groups is 1. The highest BCUT2D eigenvalue weighted by atomic mass is 19.1. The molecule has 0 spiro atoms. The Balaban J connectivity index is 1.53. The van der Waals surface area contributed by atoms with E-state index in [4.69, 9.17) is 15.2 Å². The van der Waals surface area contributed by atoms with Gasteiger partial charge in [0.1, 0.15) is 46.6 Å². The number of fused-ring (bicyclic) bond motifs is 1. The molecule has 3 aromatic rings. The predicted octanol–water partition coefficient (Wildman–Crippen LogP) is 4.67. The minimum absolute atomic E-state index is 0.00232. The second-order valence-corrected chi connectivity index (χ2v) is 10.9. The maximum absolute atomic E-state index is 16.2. The standard InChI is InChI=1S/C31H34FN7O3/c1-4-41-30(2,3)16-20(17-33)29(40)39-14-8-9-21(18-39)31(26-27(34)35-19-36-28(26)37-38-31)24-13-12-23(15-25(24)32)42-22-10-6-5-7-11-22/h5-7,10-13,15-16,19,21,38H,4,8-9,14,18H2,1-3H3,(H3,34,35,36,37)/b20-16-. The van der Waals surface area contributed by atoms with Crippen LogP contribution in [0.15, 0.2) is 66.5 Å². The molecule has 1 fully saturated rings. The van der Waals surface area contributed by atoms with Crippen LogP contribution in [0.3, 0.4) is 0 Å². The highest BCUT2D eigenvalue weighted by Gasteiger charge is 2.52. The van der Waals surface area contributed by atoms with E-state index in [1.165, 1.54) is 12.4 Å². The van der Waals surface area contributed by atoms with Gasteiger partial charge in [0.15, 0.2) is 5.82 Å². The molecule has 2 aliphatic rings. The number of anilines is 2. The van der Waals surface area contributed by atoms with Crippen LogP contribution in [0, 0.1) is 23.1 Å². The third kappa shape index (κ3) is 5.51. The van der Waals surface area contributed by atoms with E-state index in [9.17, 15) is 10.1 Å². The number of piperidine rings is 1. The number of ether oxygens (including phenoxy) is 2. The van der Waals surface area contributed by atoms with Crippen molar-refractivity contribution in [3.63, 3.8) is 0 Å². The molecule has 1 aromatic heterocycles. The Bertz CT molecular complexity index is 1540. The van der Waals surface area contributed by atoms with Crippen LogP contribution in [-0.2, 0) is 15.1 Å². The van der Waals surface area contributed by atoms with Crippen LogP contribution < -0.4 is 21.3 Å². The van der Waals surface area contributed by atoms with E-state index in [-0.39, 0.29) is 23.9 Å². The van der Waals surface area contributed by atoms with Gasteiger partial charge in [-0.3, -0.25) is 4.79 Å². The van der Waals surface area contributed by atoms with Gasteiger partial charge in [0.25, 0.3) is 5.91 Å². The summed E-state index contributed by atoms with van der Waals surface area (Å²) in [6.45, 7) is 6.58. The fraction of sp³-hybridized carbons (Fsp3) is 0.355. The molecule has 0 saturated carbocycles. The van der Waals surface area contributed by atoms with Gasteiger partial charge in [-0.15, -0.1) is 0 Å². The summed E-state index contributed by atoms with van der Waals surface area (Å²) in [6.07, 6.45) is 4.17. The van der Waals surface area contributed by atoms with Crippen LogP contribution in [0.2, 0.25) is 0 Å². The number of hydrogen-bond donors (Lipinski definition) is 3. The van der Waals surface area contributed by atoms with E-state index in [1.54, 1.807) is 49.1 Å². The molecule has 11 heteroatoms. The number of nitriles is 1. The molecule has 1 amide bonds. The molecule has 10 nitrogen and oxygen atoms in total. The highest BCUT2D eigenvalue weighted by molar-refractivity contribution is 5.97. The predicted molar refractivity (Wildman–Crippen MR) is 156 cm³/mol. The van der Waals surface area contributed by atoms with Gasteiger partial charge < -0.3 is 25.5 Å². The van der Waals surface area contributed by atoms with E-state index < -0.39 is 22.9 Å². The zero-order chi connectivity index (χ0) is 29.9. The first kappa shape index (κ1) is 29.0. The van der Waals surface area contributed by atoms with Crippen molar-refractivity contribution >= 4 is 17.5 Å². The average Bonchev–Trinajstić information content (AvgIpc) is 3.38. The quantitative estimate of drug-likeness (QED) is 0.260. The van der Waals surface area contributed by atoms with Crippen LogP contribution in [0.5, 0.6) is 11.5 Å². The molecule has 0 bridgehead atoms. The summed E-state index contributed by atoms with van der Waals surface area (Å²) in [6, 6.07) is 15.9. The molecule has 0 radical (unpaired) electrons. The molecule has 4 N–H and O–H groups in total. The molecule has 2 aromatic carbocycles. The molecule has 2 aliphatic heterocycles. The Hall–Kier alpha value is -4.53. The lowest BCUT2D eigenvalue weighted by Crippen LogP contribution is -2.54. The van der Waals surface area contributed by atoms with Gasteiger partial charge in [0.05, 0.1) is 11.2 Å². The molecular formula is C31H34FN7O3. The highest BCUT2D eigenvalue weighted by Crippen LogP contribution is 2.49. The van der Waals surface area contributed by atoms with Crippen LogP contribution in [0.4, 0.5) is 16.0 Å². The number of nitrogens with zero attached hydrogens (tertiary/aromatic N) is 4. The zero-order valence-corrected chi connectivity index (χ0v) is 23.9. The van der Waals surface area contributed by atoms with Crippen LogP contribution in [0.25, 0.3) is 0 Å². The Kier molecular flexibility index (Phi) is 8.11. The molecule has 1 saturated heterocycles. The lowest BCUT2D eigenvalue weighted by molar-refractivity contribution is -0.129. The maximum atomic E-state index is 16.2. The molecule has 0 aliphatic carbocycles. The van der Waals surface area contributed by atoms with Gasteiger partial charge in [-0.25, -0.2) is 19.8 Å². The Morgan fingerprint density at radius 1 is 1.26 bits per heavy atom. The molecule has 5 rings (SSSR count). The lowest BCUT2D eigenvalue weighted by Gasteiger charge is -2.44. The van der Waals surface area contributed by atoms with Crippen LogP contribution in [0.1, 0.15) is 44.7 Å². The van der Waals surface area contributed by atoms with Crippen molar-refractivity contribution in [2.45, 2.75) is 44.8 Å². The summed E-state index contributed by atoms with van der Waals surface area (Å²) in [7, 11) is 0. The summed E-state index contributed by atoms with van der Waals surface area (Å²) in [4.78, 5) is 23.8. The van der Waals surface area contributed by atoms with Crippen LogP contribution >= 0.6 is 0 Å². The first-order chi connectivity index (χ1) is 20.2. The second-order valence-electron chi connectivity index (χ2n) is 10.9. The van der Waals surface area contributed by atoms with Crippen molar-refractivity contribution in [1.82, 2.24) is 20.3 Å². The summed E-state index contributed by atoms with van der Waals surface area (Å²) >= 11 is 0. The van der Waals surface area contributed by atoms with Crippen molar-refractivity contribution in [1.29, 1.82) is 5.26 Å². The van der Waals surface area contributed by atoms with Gasteiger partial charge in [0.2, 0.25) is 0 Å². The fourth-order valence-corrected chi connectivity index (χ4v) is 5.92. The lowest BCUT2D eigenvalue weighted by atomic mass is 9.70. The van der Waals surface area contributed by atoms with E-state index in [2.05, 4.69) is 20.8 Å². The first-order valence-electron chi connectivity index (χ1n) is 13.9. The van der Waals surface area contributed by atoms with Gasteiger partial charge >= 0.3 is 0 Å². The minimum atomic E-state index is -1.21. The number of amides is 1. The van der Waals surface area contributed by atoms with Crippen molar-refractivity contribution in [3.05, 3.63) is 83.5 Å². The van der Waals surface area contributed by atoms with Gasteiger partial charge in [-0.1, -0.05) is 24.3 Å². The Labute approximate surface area is 244 Å². The normalized spacial score (nSPS) is 20.4. The van der Waals surface area contributed by atoms with Crippen molar-refractivity contribution in [2.75, 3.05) is 30.9 Å². The van der Waals surface area contributed by atoms with Gasteiger partial charge in [-0.2, -0.15) is 5.26 Å². The largest absolute Gasteiger partial charge is 0.457 e. The van der Waals surface area contributed by atoms with Crippen molar-refractivity contribution < 1.29 is 18.7 Å². The third-order valence-electron chi connectivity index (χ3n) is 7.67. The zero-order valence-electron chi connectivity index (χ0n) is 23.9. The van der Waals surface area contributed by atoms with Crippen molar-refractivity contribution in [3.8, 4) is 17.6 Å². The topological polar surface area (TPSA) is 138 Å². The summed E-state index contributed by atoms with van der Waals surface area (Å²) in [5, 5.41) is 9.86.